The molecule has 1 aliphatic heterocycles. The minimum atomic E-state index is -0.262. The van der Waals surface area contributed by atoms with Gasteiger partial charge in [-0.1, -0.05) is 11.3 Å². The number of hydrogen-bond acceptors (Lipinski definition) is 6. The Hall–Kier alpha value is -1.97. The van der Waals surface area contributed by atoms with Gasteiger partial charge in [-0.15, -0.1) is 11.8 Å². The molecule has 0 bridgehead atoms. The van der Waals surface area contributed by atoms with Crippen LogP contribution in [0.4, 0.5) is 4.39 Å². The molecule has 1 amide bonds. The van der Waals surface area contributed by atoms with Gasteiger partial charge in [-0.2, -0.15) is 16.8 Å². The quantitative estimate of drug-likeness (QED) is 0.495. The number of carbonyl (C=O) groups excluding carboxylic acids is 1. The summed E-state index contributed by atoms with van der Waals surface area (Å²) < 4.78 is 27.0. The molecule has 0 fully saturated rings. The molecule has 29 heavy (non-hydrogen) atoms. The molecule has 5 nitrogen and oxygen atoms in total. The molecular formula is C20H19FN2O3S3. The molecule has 3 aromatic rings. The van der Waals surface area contributed by atoms with Crippen LogP contribution in [0.25, 0.3) is 10.2 Å². The fourth-order valence-electron chi connectivity index (χ4n) is 2.89. The Morgan fingerprint density at radius 3 is 2.72 bits per heavy atom. The van der Waals surface area contributed by atoms with Crippen molar-refractivity contribution in [1.29, 1.82) is 0 Å². The Balaban J connectivity index is 1.53. The van der Waals surface area contributed by atoms with E-state index in [0.717, 1.165) is 38.9 Å². The van der Waals surface area contributed by atoms with Crippen molar-refractivity contribution in [2.75, 3.05) is 24.6 Å². The van der Waals surface area contributed by atoms with Gasteiger partial charge < -0.3 is 14.0 Å². The highest BCUT2D eigenvalue weighted by Crippen LogP contribution is 2.37. The number of carbonyl (C=O) groups is 1. The van der Waals surface area contributed by atoms with Gasteiger partial charge in [-0.25, -0.2) is 4.39 Å². The molecule has 0 radical (unpaired) electrons. The highest BCUT2D eigenvalue weighted by atomic mass is 32.2. The van der Waals surface area contributed by atoms with Crippen molar-refractivity contribution in [2.45, 2.75) is 17.9 Å². The van der Waals surface area contributed by atoms with E-state index < -0.39 is 0 Å². The molecule has 9 heteroatoms. The third-order valence-corrected chi connectivity index (χ3v) is 6.96. The van der Waals surface area contributed by atoms with Crippen LogP contribution in [0.5, 0.6) is 11.5 Å². The zero-order valence-electron chi connectivity index (χ0n) is 15.7. The van der Waals surface area contributed by atoms with E-state index in [2.05, 4.69) is 15.8 Å². The summed E-state index contributed by atoms with van der Waals surface area (Å²) in [5.74, 6) is 2.54. The minimum Gasteiger partial charge on any atom is -0.454 e. The second kappa shape index (κ2) is 9.23. The van der Waals surface area contributed by atoms with E-state index in [0.29, 0.717) is 17.0 Å². The number of ether oxygens (including phenoxy) is 2. The van der Waals surface area contributed by atoms with Crippen LogP contribution in [0, 0.1) is 5.82 Å². The molecule has 4 rings (SSSR count). The average Bonchev–Trinajstić information content (AvgIpc) is 3.29. The zero-order chi connectivity index (χ0) is 20.2. The van der Waals surface area contributed by atoms with Gasteiger partial charge in [0.1, 0.15) is 5.82 Å². The SMILES string of the molecule is CSCCn1c(=NC(=O)CCSc2ccc(F)cc2)sc2cc3c(cc21)OCO3. The minimum absolute atomic E-state index is 0.163. The van der Waals surface area contributed by atoms with Gasteiger partial charge in [0.2, 0.25) is 12.7 Å². The number of hydrogen-bond donors (Lipinski definition) is 0. The Morgan fingerprint density at radius 1 is 1.21 bits per heavy atom. The lowest BCUT2D eigenvalue weighted by molar-refractivity contribution is -0.117. The van der Waals surface area contributed by atoms with E-state index in [9.17, 15) is 9.18 Å². The van der Waals surface area contributed by atoms with Crippen LogP contribution in [0.3, 0.4) is 0 Å². The highest BCUT2D eigenvalue weighted by Gasteiger charge is 2.18. The number of halogens is 1. The van der Waals surface area contributed by atoms with Crippen LogP contribution in [-0.2, 0) is 11.3 Å². The third-order valence-electron chi connectivity index (χ3n) is 4.31. The van der Waals surface area contributed by atoms with Crippen molar-refractivity contribution in [3.05, 3.63) is 47.0 Å². The van der Waals surface area contributed by atoms with E-state index in [-0.39, 0.29) is 18.5 Å². The number of fused-ring (bicyclic) bond motifs is 2. The Labute approximate surface area is 179 Å². The molecule has 0 atom stereocenters. The van der Waals surface area contributed by atoms with Gasteiger partial charge in [-0.05, 0) is 30.5 Å². The van der Waals surface area contributed by atoms with Gasteiger partial charge in [-0.3, -0.25) is 4.79 Å². The Bertz CT molecular complexity index is 1090. The van der Waals surface area contributed by atoms with Gasteiger partial charge in [0.15, 0.2) is 16.3 Å². The Morgan fingerprint density at radius 2 is 1.97 bits per heavy atom. The molecule has 2 heterocycles. The zero-order valence-corrected chi connectivity index (χ0v) is 18.2. The fraction of sp³-hybridized carbons (Fsp3) is 0.300. The number of benzene rings is 2. The second-order valence-corrected chi connectivity index (χ2v) is 9.42. The molecule has 152 valence electrons. The number of aryl methyl sites for hydroxylation is 1. The summed E-state index contributed by atoms with van der Waals surface area (Å²) in [7, 11) is 0. The first-order chi connectivity index (χ1) is 14.1. The third kappa shape index (κ3) is 4.79. The average molecular weight is 451 g/mol. The predicted octanol–water partition coefficient (Wildman–Crippen LogP) is 4.54. The van der Waals surface area contributed by atoms with Gasteiger partial charge >= 0.3 is 0 Å². The molecule has 1 aromatic heterocycles. The molecular weight excluding hydrogens is 431 g/mol. The lowest BCUT2D eigenvalue weighted by Crippen LogP contribution is -2.18. The van der Waals surface area contributed by atoms with Crippen LogP contribution < -0.4 is 14.3 Å². The van der Waals surface area contributed by atoms with E-state index in [1.807, 2.05) is 12.1 Å². The van der Waals surface area contributed by atoms with E-state index in [1.54, 1.807) is 23.9 Å². The first-order valence-electron chi connectivity index (χ1n) is 9.02. The number of amides is 1. The number of aromatic nitrogens is 1. The van der Waals surface area contributed by atoms with Gasteiger partial charge in [0.05, 0.1) is 10.2 Å². The monoisotopic (exact) mass is 450 g/mol. The number of thioether (sulfide) groups is 2. The fourth-order valence-corrected chi connectivity index (χ4v) is 5.18. The summed E-state index contributed by atoms with van der Waals surface area (Å²) in [6.45, 7) is 0.996. The van der Waals surface area contributed by atoms with Crippen molar-refractivity contribution < 1.29 is 18.7 Å². The smallest absolute Gasteiger partial charge is 0.249 e. The summed E-state index contributed by atoms with van der Waals surface area (Å²) >= 11 is 4.75. The molecule has 0 N–H and O–H groups in total. The lowest BCUT2D eigenvalue weighted by Gasteiger charge is -2.04. The van der Waals surface area contributed by atoms with Crippen LogP contribution in [0.1, 0.15) is 6.42 Å². The molecule has 1 aliphatic rings. The maximum absolute atomic E-state index is 13.0. The molecule has 0 saturated carbocycles. The molecule has 0 saturated heterocycles. The van der Waals surface area contributed by atoms with Gasteiger partial charge in [0, 0.05) is 41.5 Å². The lowest BCUT2D eigenvalue weighted by atomic mass is 10.3. The molecule has 0 spiro atoms. The second-order valence-electron chi connectivity index (χ2n) is 6.26. The largest absolute Gasteiger partial charge is 0.454 e. The van der Waals surface area contributed by atoms with Crippen molar-refractivity contribution in [2.24, 2.45) is 4.99 Å². The predicted molar refractivity (Wildman–Crippen MR) is 117 cm³/mol. The standard InChI is InChI=1S/C20H19FN2O3S3/c1-27-9-7-23-15-10-16-17(26-12-25-16)11-18(15)29-20(23)22-19(24)6-8-28-14-4-2-13(21)3-5-14/h2-5,10-11H,6-9,12H2,1H3. The van der Waals surface area contributed by atoms with Gasteiger partial charge in [0.25, 0.3) is 0 Å². The van der Waals surface area contributed by atoms with Crippen molar-refractivity contribution >= 4 is 51.0 Å². The summed E-state index contributed by atoms with van der Waals surface area (Å²) in [5, 5.41) is 0. The van der Waals surface area contributed by atoms with Crippen molar-refractivity contribution in [1.82, 2.24) is 4.57 Å². The summed E-state index contributed by atoms with van der Waals surface area (Å²) in [6, 6.07) is 10.2. The Kier molecular flexibility index (Phi) is 6.46. The first-order valence-corrected chi connectivity index (χ1v) is 12.2. The van der Waals surface area contributed by atoms with Crippen LogP contribution in [0.2, 0.25) is 0 Å². The molecule has 2 aromatic carbocycles. The van der Waals surface area contributed by atoms with Crippen molar-refractivity contribution in [3.63, 3.8) is 0 Å². The topological polar surface area (TPSA) is 52.8 Å². The normalized spacial score (nSPS) is 13.4. The summed E-state index contributed by atoms with van der Waals surface area (Å²) in [6.07, 6.45) is 2.37. The van der Waals surface area contributed by atoms with Crippen LogP contribution in [0.15, 0.2) is 46.3 Å². The van der Waals surface area contributed by atoms with Crippen LogP contribution in [-0.4, -0.2) is 35.0 Å². The summed E-state index contributed by atoms with van der Waals surface area (Å²) in [4.78, 5) is 18.5. The van der Waals surface area contributed by atoms with E-state index in [1.165, 1.54) is 35.2 Å². The highest BCUT2D eigenvalue weighted by molar-refractivity contribution is 7.99. The maximum atomic E-state index is 13.0. The number of nitrogens with zero attached hydrogens (tertiary/aromatic N) is 2. The van der Waals surface area contributed by atoms with E-state index in [4.69, 9.17) is 9.47 Å². The molecule has 0 unspecified atom stereocenters. The number of thiazole rings is 1. The summed E-state index contributed by atoms with van der Waals surface area (Å²) in [5.41, 5.74) is 1.00. The maximum Gasteiger partial charge on any atom is 0.249 e. The number of rotatable bonds is 7. The first kappa shape index (κ1) is 20.3. The van der Waals surface area contributed by atoms with Crippen LogP contribution >= 0.6 is 34.9 Å². The molecule has 0 aliphatic carbocycles. The van der Waals surface area contributed by atoms with E-state index >= 15 is 0 Å². The van der Waals surface area contributed by atoms with Crippen molar-refractivity contribution in [3.8, 4) is 11.5 Å².